The molecule has 4 nitrogen and oxygen atoms in total. The number of nitrogens with zero attached hydrogens (tertiary/aromatic N) is 1. The fourth-order valence-corrected chi connectivity index (χ4v) is 3.80. The lowest BCUT2D eigenvalue weighted by Gasteiger charge is -2.29. The molecule has 4 heteroatoms. The van der Waals surface area contributed by atoms with Crippen LogP contribution in [-0.4, -0.2) is 24.0 Å². The molecule has 1 fully saturated rings. The van der Waals surface area contributed by atoms with E-state index in [1.54, 1.807) is 6.26 Å². The minimum absolute atomic E-state index is 0.104. The Morgan fingerprint density at radius 1 is 1.17 bits per heavy atom. The minimum atomic E-state index is 0.104. The van der Waals surface area contributed by atoms with Crippen LogP contribution in [0.3, 0.4) is 0 Å². The summed E-state index contributed by atoms with van der Waals surface area (Å²) in [6.07, 6.45) is 5.18. The Kier molecular flexibility index (Phi) is 3.82. The molecule has 0 spiro atoms. The van der Waals surface area contributed by atoms with E-state index >= 15 is 0 Å². The molecule has 1 aromatic carbocycles. The number of furan rings is 1. The van der Waals surface area contributed by atoms with Gasteiger partial charge in [0.05, 0.1) is 18.9 Å². The number of benzene rings is 1. The molecule has 23 heavy (non-hydrogen) atoms. The average molecular weight is 311 g/mol. The number of likely N-dealkylation sites (tertiary alicyclic amines) is 1. The Labute approximate surface area is 136 Å². The predicted molar refractivity (Wildman–Crippen MR) is 86.3 cm³/mol. The third kappa shape index (κ3) is 2.74. The van der Waals surface area contributed by atoms with Crippen LogP contribution in [0.25, 0.3) is 0 Å². The van der Waals surface area contributed by atoms with Crippen molar-refractivity contribution in [2.24, 2.45) is 0 Å². The van der Waals surface area contributed by atoms with Crippen molar-refractivity contribution >= 4 is 5.91 Å². The summed E-state index contributed by atoms with van der Waals surface area (Å²) in [5.41, 5.74) is 1.17. The molecule has 1 aromatic heterocycles. The molecule has 0 bridgehead atoms. The van der Waals surface area contributed by atoms with E-state index in [0.29, 0.717) is 13.0 Å². The second-order valence-electron chi connectivity index (χ2n) is 6.34. The quantitative estimate of drug-likeness (QED) is 0.863. The molecule has 0 radical (unpaired) electrons. The zero-order valence-electron chi connectivity index (χ0n) is 13.1. The van der Waals surface area contributed by atoms with E-state index in [1.165, 1.54) is 5.56 Å². The zero-order chi connectivity index (χ0) is 15.6. The zero-order valence-corrected chi connectivity index (χ0v) is 13.1. The van der Waals surface area contributed by atoms with Gasteiger partial charge in [-0.1, -0.05) is 18.2 Å². The van der Waals surface area contributed by atoms with Crippen LogP contribution in [0.4, 0.5) is 0 Å². The number of fused-ring (bicyclic) bond motifs is 1. The lowest BCUT2D eigenvalue weighted by molar-refractivity contribution is -0.133. The van der Waals surface area contributed by atoms with E-state index < -0.39 is 0 Å². The predicted octanol–water partition coefficient (Wildman–Crippen LogP) is 3.90. The highest BCUT2D eigenvalue weighted by Crippen LogP contribution is 2.38. The van der Waals surface area contributed by atoms with Crippen molar-refractivity contribution in [1.82, 2.24) is 4.90 Å². The molecule has 3 heterocycles. The minimum Gasteiger partial charge on any atom is -0.493 e. The molecule has 4 rings (SSSR count). The topological polar surface area (TPSA) is 42.7 Å². The maximum absolute atomic E-state index is 12.9. The van der Waals surface area contributed by atoms with Crippen LogP contribution in [0.5, 0.6) is 5.75 Å². The van der Waals surface area contributed by atoms with Crippen molar-refractivity contribution in [2.45, 2.75) is 37.6 Å². The Hall–Kier alpha value is -2.23. The molecule has 0 saturated carbocycles. The number of rotatable bonds is 3. The number of amides is 1. The van der Waals surface area contributed by atoms with Crippen LogP contribution in [-0.2, 0) is 4.79 Å². The summed E-state index contributed by atoms with van der Waals surface area (Å²) in [5.74, 6) is 2.32. The molecular formula is C19H21NO3. The standard InChI is InChI=1S/C19H21NO3/c21-19(20-10-3-6-16(20)18-8-4-11-22-18)13-14-9-12-23-17-7-2-1-5-15(14)17/h1-2,4-5,7-8,11,14,16H,3,6,9-10,12-13H2/t14-,16+/m1/s1. The summed E-state index contributed by atoms with van der Waals surface area (Å²) in [7, 11) is 0. The van der Waals surface area contributed by atoms with Gasteiger partial charge in [0.2, 0.25) is 5.91 Å². The summed E-state index contributed by atoms with van der Waals surface area (Å²) in [4.78, 5) is 14.9. The van der Waals surface area contributed by atoms with Gasteiger partial charge in [0, 0.05) is 13.0 Å². The normalized spacial score (nSPS) is 23.4. The maximum atomic E-state index is 12.9. The van der Waals surface area contributed by atoms with Crippen molar-refractivity contribution in [1.29, 1.82) is 0 Å². The van der Waals surface area contributed by atoms with E-state index in [0.717, 1.165) is 37.3 Å². The largest absolute Gasteiger partial charge is 0.493 e. The van der Waals surface area contributed by atoms with Crippen LogP contribution in [0, 0.1) is 0 Å². The van der Waals surface area contributed by atoms with Gasteiger partial charge < -0.3 is 14.1 Å². The van der Waals surface area contributed by atoms with Gasteiger partial charge in [0.25, 0.3) is 0 Å². The smallest absolute Gasteiger partial charge is 0.223 e. The summed E-state index contributed by atoms with van der Waals surface area (Å²) >= 11 is 0. The van der Waals surface area contributed by atoms with Crippen molar-refractivity contribution in [3.63, 3.8) is 0 Å². The van der Waals surface area contributed by atoms with E-state index in [9.17, 15) is 4.79 Å². The van der Waals surface area contributed by atoms with Gasteiger partial charge in [-0.3, -0.25) is 4.79 Å². The summed E-state index contributed by atoms with van der Waals surface area (Å²) in [5, 5.41) is 0. The summed E-state index contributed by atoms with van der Waals surface area (Å²) in [6.45, 7) is 1.52. The van der Waals surface area contributed by atoms with Crippen molar-refractivity contribution < 1.29 is 13.9 Å². The van der Waals surface area contributed by atoms with E-state index in [-0.39, 0.29) is 17.9 Å². The second-order valence-corrected chi connectivity index (χ2v) is 6.34. The van der Waals surface area contributed by atoms with Crippen LogP contribution in [0.2, 0.25) is 0 Å². The molecule has 1 saturated heterocycles. The summed E-state index contributed by atoms with van der Waals surface area (Å²) < 4.78 is 11.2. The fraction of sp³-hybridized carbons (Fsp3) is 0.421. The number of para-hydroxylation sites is 1. The third-order valence-electron chi connectivity index (χ3n) is 4.95. The lowest BCUT2D eigenvalue weighted by atomic mass is 9.89. The first-order valence-corrected chi connectivity index (χ1v) is 8.37. The van der Waals surface area contributed by atoms with Gasteiger partial charge in [-0.2, -0.15) is 0 Å². The first kappa shape index (κ1) is 14.4. The van der Waals surface area contributed by atoms with Crippen LogP contribution in [0.15, 0.2) is 47.1 Å². The third-order valence-corrected chi connectivity index (χ3v) is 4.95. The van der Waals surface area contributed by atoms with Crippen LogP contribution in [0.1, 0.15) is 49.0 Å². The average Bonchev–Trinajstić information content (AvgIpc) is 3.26. The lowest BCUT2D eigenvalue weighted by Crippen LogP contribution is -2.32. The van der Waals surface area contributed by atoms with Gasteiger partial charge in [0.1, 0.15) is 11.5 Å². The molecule has 2 aromatic rings. The van der Waals surface area contributed by atoms with Gasteiger partial charge >= 0.3 is 0 Å². The molecule has 0 aliphatic carbocycles. The highest BCUT2D eigenvalue weighted by atomic mass is 16.5. The SMILES string of the molecule is O=C(C[C@H]1CCOc2ccccc21)N1CCC[C@H]1c1ccco1. The van der Waals surface area contributed by atoms with Crippen molar-refractivity contribution in [3.8, 4) is 5.75 Å². The van der Waals surface area contributed by atoms with Gasteiger partial charge in [-0.15, -0.1) is 0 Å². The number of carbonyl (C=O) groups excluding carboxylic acids is 1. The highest BCUT2D eigenvalue weighted by Gasteiger charge is 2.33. The van der Waals surface area contributed by atoms with Gasteiger partial charge in [-0.05, 0) is 48.9 Å². The number of carbonyl (C=O) groups is 1. The molecule has 0 unspecified atom stereocenters. The van der Waals surface area contributed by atoms with E-state index in [1.807, 2.05) is 35.2 Å². The number of ether oxygens (including phenoxy) is 1. The Balaban J connectivity index is 1.50. The molecule has 2 atom stereocenters. The molecular weight excluding hydrogens is 290 g/mol. The maximum Gasteiger partial charge on any atom is 0.223 e. The van der Waals surface area contributed by atoms with Crippen molar-refractivity contribution in [3.05, 3.63) is 54.0 Å². The van der Waals surface area contributed by atoms with Gasteiger partial charge in [-0.25, -0.2) is 0 Å². The molecule has 0 N–H and O–H groups in total. The fourth-order valence-electron chi connectivity index (χ4n) is 3.80. The summed E-state index contributed by atoms with van der Waals surface area (Å²) in [6, 6.07) is 12.1. The second kappa shape index (κ2) is 6.11. The molecule has 2 aliphatic heterocycles. The Morgan fingerprint density at radius 3 is 2.96 bits per heavy atom. The number of hydrogen-bond donors (Lipinski definition) is 0. The first-order valence-electron chi connectivity index (χ1n) is 8.37. The first-order chi connectivity index (χ1) is 11.3. The Morgan fingerprint density at radius 2 is 2.09 bits per heavy atom. The molecule has 2 aliphatic rings. The number of hydrogen-bond acceptors (Lipinski definition) is 3. The van der Waals surface area contributed by atoms with Crippen LogP contribution < -0.4 is 4.74 Å². The van der Waals surface area contributed by atoms with E-state index in [2.05, 4.69) is 6.07 Å². The van der Waals surface area contributed by atoms with Gasteiger partial charge in [0.15, 0.2) is 0 Å². The highest BCUT2D eigenvalue weighted by molar-refractivity contribution is 5.78. The van der Waals surface area contributed by atoms with E-state index in [4.69, 9.17) is 9.15 Å². The monoisotopic (exact) mass is 311 g/mol. The molecule has 120 valence electrons. The van der Waals surface area contributed by atoms with Crippen LogP contribution >= 0.6 is 0 Å². The Bertz CT molecular complexity index is 680. The molecule has 1 amide bonds. The van der Waals surface area contributed by atoms with Crippen molar-refractivity contribution in [2.75, 3.05) is 13.2 Å².